The Morgan fingerprint density at radius 2 is 1.86 bits per heavy atom. The molecule has 1 aliphatic carbocycles. The van der Waals surface area contributed by atoms with Gasteiger partial charge in [-0.15, -0.1) is 12.4 Å². The average molecular weight is 316 g/mol. The fraction of sp³-hybridized carbons (Fsp3) is 0.867. The molecule has 0 radical (unpaired) electrons. The summed E-state index contributed by atoms with van der Waals surface area (Å²) < 4.78 is 0. The molecule has 21 heavy (non-hydrogen) atoms. The van der Waals surface area contributed by atoms with Crippen molar-refractivity contribution >= 4 is 24.2 Å². The van der Waals surface area contributed by atoms with E-state index in [9.17, 15) is 9.59 Å². The van der Waals surface area contributed by atoms with Crippen LogP contribution in [0.1, 0.15) is 38.5 Å². The number of amides is 2. The van der Waals surface area contributed by atoms with Crippen molar-refractivity contribution in [2.24, 2.45) is 5.92 Å². The number of piperazine rings is 1. The van der Waals surface area contributed by atoms with Crippen molar-refractivity contribution in [3.05, 3.63) is 0 Å². The van der Waals surface area contributed by atoms with Crippen molar-refractivity contribution in [3.8, 4) is 0 Å². The van der Waals surface area contributed by atoms with E-state index in [0.717, 1.165) is 51.9 Å². The third-order valence-electron chi connectivity index (χ3n) is 4.98. The molecule has 5 nitrogen and oxygen atoms in total. The van der Waals surface area contributed by atoms with Crippen LogP contribution >= 0.6 is 12.4 Å². The predicted molar refractivity (Wildman–Crippen MR) is 83.4 cm³/mol. The van der Waals surface area contributed by atoms with Gasteiger partial charge in [0.15, 0.2) is 0 Å². The normalized spacial score (nSPS) is 27.6. The lowest BCUT2D eigenvalue weighted by molar-refractivity contribution is -0.142. The monoisotopic (exact) mass is 315 g/mol. The number of carbonyl (C=O) groups is 2. The van der Waals surface area contributed by atoms with Gasteiger partial charge in [0.05, 0.1) is 6.54 Å². The van der Waals surface area contributed by atoms with Crippen molar-refractivity contribution in [1.29, 1.82) is 0 Å². The zero-order chi connectivity index (χ0) is 13.9. The van der Waals surface area contributed by atoms with Gasteiger partial charge in [0.1, 0.15) is 0 Å². The summed E-state index contributed by atoms with van der Waals surface area (Å²) in [6, 6.07) is 0.240. The summed E-state index contributed by atoms with van der Waals surface area (Å²) in [6.45, 7) is 3.74. The van der Waals surface area contributed by atoms with Crippen molar-refractivity contribution in [3.63, 3.8) is 0 Å². The first-order chi connectivity index (χ1) is 9.75. The first-order valence-corrected chi connectivity index (χ1v) is 8.04. The van der Waals surface area contributed by atoms with E-state index >= 15 is 0 Å². The molecule has 0 aromatic rings. The van der Waals surface area contributed by atoms with Gasteiger partial charge >= 0.3 is 0 Å². The Bertz CT molecular complexity index is 385. The van der Waals surface area contributed by atoms with Crippen LogP contribution in [-0.4, -0.2) is 60.4 Å². The van der Waals surface area contributed by atoms with Crippen molar-refractivity contribution in [2.75, 3.05) is 32.7 Å². The molecule has 6 heteroatoms. The largest absolute Gasteiger partial charge is 0.340 e. The number of likely N-dealkylation sites (tertiary alicyclic amines) is 1. The molecule has 1 saturated carbocycles. The van der Waals surface area contributed by atoms with Crippen LogP contribution in [-0.2, 0) is 9.59 Å². The molecule has 3 aliphatic rings. The maximum absolute atomic E-state index is 12.5. The molecule has 2 amide bonds. The summed E-state index contributed by atoms with van der Waals surface area (Å²) in [4.78, 5) is 28.5. The first kappa shape index (κ1) is 16.6. The highest BCUT2D eigenvalue weighted by molar-refractivity contribution is 5.85. The van der Waals surface area contributed by atoms with Crippen LogP contribution < -0.4 is 5.32 Å². The topological polar surface area (TPSA) is 52.7 Å². The van der Waals surface area contributed by atoms with Crippen molar-refractivity contribution < 1.29 is 9.59 Å². The van der Waals surface area contributed by atoms with Crippen LogP contribution in [0.4, 0.5) is 0 Å². The standard InChI is InChI=1S/C15H25N3O2.ClH/c19-14-10-16-7-9-18(14)13-6-3-8-17(11-13)15(20)12-4-1-2-5-12;/h12-13,16H,1-11H2;1H. The van der Waals surface area contributed by atoms with Crippen molar-refractivity contribution in [1.82, 2.24) is 15.1 Å². The molecule has 3 fully saturated rings. The predicted octanol–water partition coefficient (Wildman–Crippen LogP) is 1.02. The lowest BCUT2D eigenvalue weighted by Crippen LogP contribution is -2.58. The van der Waals surface area contributed by atoms with Gasteiger partial charge in [0.25, 0.3) is 0 Å². The van der Waals surface area contributed by atoms with E-state index in [2.05, 4.69) is 5.32 Å². The van der Waals surface area contributed by atoms with Crippen LogP contribution in [0.3, 0.4) is 0 Å². The maximum atomic E-state index is 12.5. The molecule has 120 valence electrons. The highest BCUT2D eigenvalue weighted by Crippen LogP contribution is 2.28. The van der Waals surface area contributed by atoms with Crippen LogP contribution in [0.5, 0.6) is 0 Å². The number of hydrogen-bond donors (Lipinski definition) is 1. The van der Waals surface area contributed by atoms with Gasteiger partial charge in [-0.3, -0.25) is 9.59 Å². The first-order valence-electron chi connectivity index (χ1n) is 8.04. The van der Waals surface area contributed by atoms with E-state index in [4.69, 9.17) is 0 Å². The quantitative estimate of drug-likeness (QED) is 0.828. The highest BCUT2D eigenvalue weighted by Gasteiger charge is 2.34. The fourth-order valence-electron chi connectivity index (χ4n) is 3.85. The molecule has 2 saturated heterocycles. The third kappa shape index (κ3) is 3.69. The molecule has 0 spiro atoms. The van der Waals surface area contributed by atoms with Gasteiger partial charge < -0.3 is 15.1 Å². The molecule has 2 aliphatic heterocycles. The Hall–Kier alpha value is -0.810. The van der Waals surface area contributed by atoms with E-state index in [0.29, 0.717) is 12.5 Å². The fourth-order valence-corrected chi connectivity index (χ4v) is 3.85. The average Bonchev–Trinajstić information content (AvgIpc) is 3.01. The zero-order valence-electron chi connectivity index (χ0n) is 12.6. The molecular formula is C15H26ClN3O2. The van der Waals surface area contributed by atoms with Gasteiger partial charge in [0, 0.05) is 38.1 Å². The molecule has 2 heterocycles. The van der Waals surface area contributed by atoms with Gasteiger partial charge in [-0.05, 0) is 25.7 Å². The SMILES string of the molecule is Cl.O=C(C1CCCC1)N1CCCC(N2CCNCC2=O)C1. The summed E-state index contributed by atoms with van der Waals surface area (Å²) in [5, 5.41) is 3.11. The number of hydrogen-bond acceptors (Lipinski definition) is 3. The second-order valence-corrected chi connectivity index (χ2v) is 6.33. The Kier molecular flexibility index (Phi) is 5.88. The van der Waals surface area contributed by atoms with Gasteiger partial charge in [-0.1, -0.05) is 12.8 Å². The molecule has 1 N–H and O–H groups in total. The summed E-state index contributed by atoms with van der Waals surface area (Å²) in [5.41, 5.74) is 0. The Morgan fingerprint density at radius 1 is 1.10 bits per heavy atom. The number of halogens is 1. The number of carbonyl (C=O) groups excluding carboxylic acids is 2. The van der Waals surface area contributed by atoms with Crippen LogP contribution in [0, 0.1) is 5.92 Å². The zero-order valence-corrected chi connectivity index (χ0v) is 13.4. The lowest BCUT2D eigenvalue weighted by atomic mass is 10.00. The molecule has 0 aromatic carbocycles. The second kappa shape index (κ2) is 7.45. The minimum Gasteiger partial charge on any atom is -0.340 e. The molecule has 1 unspecified atom stereocenters. The smallest absolute Gasteiger partial charge is 0.236 e. The minimum absolute atomic E-state index is 0. The summed E-state index contributed by atoms with van der Waals surface area (Å²) >= 11 is 0. The maximum Gasteiger partial charge on any atom is 0.236 e. The molecular weight excluding hydrogens is 290 g/mol. The lowest BCUT2D eigenvalue weighted by Gasteiger charge is -2.41. The Labute approximate surface area is 132 Å². The third-order valence-corrected chi connectivity index (χ3v) is 4.98. The molecule has 1 atom stereocenters. The number of piperidine rings is 1. The van der Waals surface area contributed by atoms with Gasteiger partial charge in [-0.25, -0.2) is 0 Å². The van der Waals surface area contributed by atoms with E-state index in [1.54, 1.807) is 0 Å². The molecule has 3 rings (SSSR count). The van der Waals surface area contributed by atoms with Crippen LogP contribution in [0.2, 0.25) is 0 Å². The molecule has 0 aromatic heterocycles. The minimum atomic E-state index is 0. The Morgan fingerprint density at radius 3 is 2.57 bits per heavy atom. The number of nitrogens with one attached hydrogen (secondary N) is 1. The summed E-state index contributed by atoms with van der Waals surface area (Å²) in [6.07, 6.45) is 6.59. The van der Waals surface area contributed by atoms with E-state index in [1.807, 2.05) is 9.80 Å². The van der Waals surface area contributed by atoms with Crippen molar-refractivity contribution in [2.45, 2.75) is 44.6 Å². The van der Waals surface area contributed by atoms with E-state index < -0.39 is 0 Å². The van der Waals surface area contributed by atoms with Crippen LogP contribution in [0.25, 0.3) is 0 Å². The van der Waals surface area contributed by atoms with E-state index in [1.165, 1.54) is 12.8 Å². The summed E-state index contributed by atoms with van der Waals surface area (Å²) in [7, 11) is 0. The second-order valence-electron chi connectivity index (χ2n) is 6.33. The van der Waals surface area contributed by atoms with Crippen LogP contribution in [0.15, 0.2) is 0 Å². The summed E-state index contributed by atoms with van der Waals surface area (Å²) in [5.74, 6) is 0.790. The van der Waals surface area contributed by atoms with Gasteiger partial charge in [0.2, 0.25) is 11.8 Å². The Balaban J connectivity index is 0.00000161. The van der Waals surface area contributed by atoms with E-state index in [-0.39, 0.29) is 30.3 Å². The van der Waals surface area contributed by atoms with Gasteiger partial charge in [-0.2, -0.15) is 0 Å². The number of rotatable bonds is 2. The number of nitrogens with zero attached hydrogens (tertiary/aromatic N) is 2. The molecule has 0 bridgehead atoms. The highest BCUT2D eigenvalue weighted by atomic mass is 35.5.